The predicted molar refractivity (Wildman–Crippen MR) is 105 cm³/mol. The summed E-state index contributed by atoms with van der Waals surface area (Å²) in [5.74, 6) is 0.845. The van der Waals surface area contributed by atoms with E-state index in [1.165, 1.54) is 18.2 Å². The molecule has 26 heavy (non-hydrogen) atoms. The lowest BCUT2D eigenvalue weighted by atomic mass is 10.3. The topological polar surface area (TPSA) is 64.0 Å². The third kappa shape index (κ3) is 3.88. The third-order valence-electron chi connectivity index (χ3n) is 4.03. The maximum absolute atomic E-state index is 12.4. The number of hydrogen-bond acceptors (Lipinski definition) is 3. The summed E-state index contributed by atoms with van der Waals surface area (Å²) in [5.41, 5.74) is 1.95. The minimum absolute atomic E-state index is 0.0873. The second kappa shape index (κ2) is 7.56. The number of benzene rings is 2. The molecule has 0 bridgehead atoms. The summed E-state index contributed by atoms with van der Waals surface area (Å²) in [6.07, 6.45) is 0.480. The highest BCUT2D eigenvalue weighted by Crippen LogP contribution is 2.25. The van der Waals surface area contributed by atoms with Crippen molar-refractivity contribution in [3.05, 3.63) is 58.3 Å². The Balaban J connectivity index is 1.78. The average molecular weight is 412 g/mol. The van der Waals surface area contributed by atoms with Crippen LogP contribution in [0.5, 0.6) is 0 Å². The number of nitrogens with zero attached hydrogens (tertiary/aromatic N) is 2. The van der Waals surface area contributed by atoms with Crippen LogP contribution in [0.3, 0.4) is 0 Å². The van der Waals surface area contributed by atoms with Gasteiger partial charge in [-0.05, 0) is 44.2 Å². The van der Waals surface area contributed by atoms with Gasteiger partial charge >= 0.3 is 0 Å². The van der Waals surface area contributed by atoms with E-state index in [9.17, 15) is 8.42 Å². The first-order chi connectivity index (χ1) is 12.3. The highest BCUT2D eigenvalue weighted by atomic mass is 35.5. The number of hydrogen-bond donors (Lipinski definition) is 1. The number of para-hydroxylation sites is 2. The van der Waals surface area contributed by atoms with Crippen molar-refractivity contribution in [2.24, 2.45) is 0 Å². The molecule has 0 aliphatic heterocycles. The molecule has 3 rings (SSSR count). The van der Waals surface area contributed by atoms with Crippen LogP contribution in [0.2, 0.25) is 10.0 Å². The summed E-state index contributed by atoms with van der Waals surface area (Å²) in [6.45, 7) is 4.40. The van der Waals surface area contributed by atoms with Crippen molar-refractivity contribution in [1.29, 1.82) is 0 Å². The monoisotopic (exact) mass is 411 g/mol. The van der Waals surface area contributed by atoms with Crippen molar-refractivity contribution in [1.82, 2.24) is 14.3 Å². The maximum Gasteiger partial charge on any atom is 0.240 e. The molecule has 3 aromatic rings. The van der Waals surface area contributed by atoms with Crippen molar-refractivity contribution in [2.75, 3.05) is 6.54 Å². The van der Waals surface area contributed by atoms with Gasteiger partial charge in [0.05, 0.1) is 26.0 Å². The van der Waals surface area contributed by atoms with E-state index >= 15 is 0 Å². The average Bonchev–Trinajstić information content (AvgIpc) is 2.95. The molecule has 0 aliphatic rings. The molecule has 0 unspecified atom stereocenters. The van der Waals surface area contributed by atoms with E-state index in [4.69, 9.17) is 23.2 Å². The quantitative estimate of drug-likeness (QED) is 0.651. The van der Waals surface area contributed by atoms with Gasteiger partial charge in [0, 0.05) is 19.0 Å². The van der Waals surface area contributed by atoms with E-state index in [0.29, 0.717) is 11.4 Å². The number of halogens is 2. The second-order valence-corrected chi connectivity index (χ2v) is 8.79. The lowest BCUT2D eigenvalue weighted by Crippen LogP contribution is -2.27. The largest absolute Gasteiger partial charge is 0.325 e. The maximum atomic E-state index is 12.4. The second-order valence-electron chi connectivity index (χ2n) is 6.20. The molecule has 0 fully saturated rings. The minimum Gasteiger partial charge on any atom is -0.325 e. The smallest absolute Gasteiger partial charge is 0.240 e. The van der Waals surface area contributed by atoms with Crippen LogP contribution >= 0.6 is 23.2 Å². The summed E-state index contributed by atoms with van der Waals surface area (Å²) in [6, 6.07) is 12.4. The molecule has 1 N–H and O–H groups in total. The third-order valence-corrected chi connectivity index (χ3v) is 6.23. The summed E-state index contributed by atoms with van der Waals surface area (Å²) < 4.78 is 29.6. The van der Waals surface area contributed by atoms with E-state index in [2.05, 4.69) is 28.1 Å². The predicted octanol–water partition coefficient (Wildman–Crippen LogP) is 4.45. The highest BCUT2D eigenvalue weighted by molar-refractivity contribution is 7.89. The molecule has 0 atom stereocenters. The first kappa shape index (κ1) is 19.2. The molecule has 2 aromatic carbocycles. The zero-order valence-corrected chi connectivity index (χ0v) is 16.7. The number of nitrogens with one attached hydrogen (secondary N) is 1. The molecular weight excluding hydrogens is 393 g/mol. The van der Waals surface area contributed by atoms with Gasteiger partial charge in [-0.15, -0.1) is 0 Å². The Morgan fingerprint density at radius 1 is 1.12 bits per heavy atom. The van der Waals surface area contributed by atoms with Crippen LogP contribution < -0.4 is 4.72 Å². The van der Waals surface area contributed by atoms with Crippen molar-refractivity contribution >= 4 is 44.3 Å². The minimum atomic E-state index is -3.66. The molecule has 0 radical (unpaired) electrons. The van der Waals surface area contributed by atoms with E-state index in [1.54, 1.807) is 0 Å². The molecule has 0 spiro atoms. The number of sulfonamides is 1. The lowest BCUT2D eigenvalue weighted by molar-refractivity contribution is 0.567. The molecule has 1 heterocycles. The van der Waals surface area contributed by atoms with Gasteiger partial charge in [-0.3, -0.25) is 0 Å². The first-order valence-electron chi connectivity index (χ1n) is 8.20. The fourth-order valence-electron chi connectivity index (χ4n) is 2.87. The standard InChI is InChI=1S/C18H19Cl2N3O2S/c1-12(2)23-17-6-4-3-5-16(17)22-18(23)9-10-21-26(24,25)13-7-8-14(19)15(20)11-13/h3-8,11-12,21H,9-10H2,1-2H3. The summed E-state index contributed by atoms with van der Waals surface area (Å²) in [4.78, 5) is 4.73. The molecule has 5 nitrogen and oxygen atoms in total. The van der Waals surface area contributed by atoms with Gasteiger partial charge < -0.3 is 4.57 Å². The van der Waals surface area contributed by atoms with Crippen LogP contribution in [0.25, 0.3) is 11.0 Å². The zero-order chi connectivity index (χ0) is 18.9. The fourth-order valence-corrected chi connectivity index (χ4v) is 4.29. The number of aromatic nitrogens is 2. The van der Waals surface area contributed by atoms with Crippen molar-refractivity contribution < 1.29 is 8.42 Å². The Hall–Kier alpha value is -1.60. The van der Waals surface area contributed by atoms with Crippen LogP contribution in [-0.4, -0.2) is 24.5 Å². The van der Waals surface area contributed by atoms with Gasteiger partial charge in [0.25, 0.3) is 0 Å². The fraction of sp³-hybridized carbons (Fsp3) is 0.278. The Bertz CT molecular complexity index is 1050. The lowest BCUT2D eigenvalue weighted by Gasteiger charge is -2.13. The van der Waals surface area contributed by atoms with E-state index in [0.717, 1.165) is 16.9 Å². The Morgan fingerprint density at radius 2 is 1.85 bits per heavy atom. The molecular formula is C18H19Cl2N3O2S. The van der Waals surface area contributed by atoms with Crippen LogP contribution in [0.4, 0.5) is 0 Å². The Kier molecular flexibility index (Phi) is 5.58. The summed E-state index contributed by atoms with van der Waals surface area (Å²) >= 11 is 11.8. The van der Waals surface area contributed by atoms with Crippen molar-refractivity contribution in [2.45, 2.75) is 31.2 Å². The van der Waals surface area contributed by atoms with Gasteiger partial charge in [-0.2, -0.15) is 0 Å². The molecule has 1 aromatic heterocycles. The number of fused-ring (bicyclic) bond motifs is 1. The first-order valence-corrected chi connectivity index (χ1v) is 10.4. The molecule has 0 saturated carbocycles. The highest BCUT2D eigenvalue weighted by Gasteiger charge is 2.17. The Labute approximate surface area is 163 Å². The SMILES string of the molecule is CC(C)n1c(CCNS(=O)(=O)c2ccc(Cl)c(Cl)c2)nc2ccccc21. The van der Waals surface area contributed by atoms with Crippen molar-refractivity contribution in [3.8, 4) is 0 Å². The zero-order valence-electron chi connectivity index (χ0n) is 14.4. The Morgan fingerprint density at radius 3 is 2.54 bits per heavy atom. The van der Waals surface area contributed by atoms with Gasteiger partial charge in [0.1, 0.15) is 5.82 Å². The van der Waals surface area contributed by atoms with Crippen LogP contribution in [0.1, 0.15) is 25.7 Å². The van der Waals surface area contributed by atoms with E-state index in [1.807, 2.05) is 24.3 Å². The van der Waals surface area contributed by atoms with Gasteiger partial charge in [-0.1, -0.05) is 35.3 Å². The van der Waals surface area contributed by atoms with Gasteiger partial charge in [0.2, 0.25) is 10.0 Å². The van der Waals surface area contributed by atoms with Crippen molar-refractivity contribution in [3.63, 3.8) is 0 Å². The number of rotatable bonds is 6. The summed E-state index contributed by atoms with van der Waals surface area (Å²) in [7, 11) is -3.66. The molecule has 0 amide bonds. The number of imidazole rings is 1. The van der Waals surface area contributed by atoms with Crippen LogP contribution in [-0.2, 0) is 16.4 Å². The van der Waals surface area contributed by atoms with Crippen LogP contribution in [0, 0.1) is 0 Å². The van der Waals surface area contributed by atoms with Gasteiger partial charge in [-0.25, -0.2) is 18.1 Å². The molecule has 138 valence electrons. The van der Waals surface area contributed by atoms with Crippen LogP contribution in [0.15, 0.2) is 47.4 Å². The molecule has 0 aliphatic carbocycles. The normalized spacial score (nSPS) is 12.2. The molecule has 8 heteroatoms. The van der Waals surface area contributed by atoms with E-state index < -0.39 is 10.0 Å². The molecule has 0 saturated heterocycles. The van der Waals surface area contributed by atoms with E-state index in [-0.39, 0.29) is 22.5 Å². The van der Waals surface area contributed by atoms with Gasteiger partial charge in [0.15, 0.2) is 0 Å². The summed E-state index contributed by atoms with van der Waals surface area (Å²) in [5, 5.41) is 0.521.